The van der Waals surface area contributed by atoms with Crippen molar-refractivity contribution in [3.63, 3.8) is 0 Å². The predicted molar refractivity (Wildman–Crippen MR) is 174 cm³/mol. The molecular formula is C36H34ClN4+. The molecule has 0 bridgehead atoms. The molecule has 1 aromatic heterocycles. The molecule has 2 aliphatic rings. The van der Waals surface area contributed by atoms with Crippen molar-refractivity contribution >= 4 is 61.6 Å². The van der Waals surface area contributed by atoms with Gasteiger partial charge in [0.2, 0.25) is 0 Å². The Bertz CT molecular complexity index is 1990. The zero-order valence-electron chi connectivity index (χ0n) is 24.0. The lowest BCUT2D eigenvalue weighted by atomic mass is 9.94. The first-order valence-corrected chi connectivity index (χ1v) is 14.6. The number of imidazole rings is 1. The largest absolute Gasteiger partial charge is 0.329 e. The molecule has 0 N–H and O–H groups in total. The Labute approximate surface area is 246 Å². The summed E-state index contributed by atoms with van der Waals surface area (Å²) in [7, 11) is 8.58. The van der Waals surface area contributed by atoms with Gasteiger partial charge < -0.3 is 9.80 Å². The zero-order chi connectivity index (χ0) is 28.2. The standard InChI is InChI=1S/C36H34ClN4/c1-38-30-20-16-24-10-5-7-14-28(24)35(30)40(3)32(38)22-18-26-12-9-13-27(34(26)37)19-23-33-39(2)31-21-17-25-11-6-8-15-29(25)36(31)41(33)4/h5-8,10-11,14-23H,9,12-13H2,1-4H3/q+1. The van der Waals surface area contributed by atoms with Crippen LogP contribution in [0.25, 0.3) is 38.7 Å². The lowest BCUT2D eigenvalue weighted by Crippen LogP contribution is -2.30. The van der Waals surface area contributed by atoms with Gasteiger partial charge in [0.1, 0.15) is 5.82 Å². The van der Waals surface area contributed by atoms with E-state index < -0.39 is 0 Å². The third-order valence-electron chi connectivity index (χ3n) is 8.85. The van der Waals surface area contributed by atoms with E-state index in [1.54, 1.807) is 0 Å². The number of halogens is 1. The third-order valence-corrected chi connectivity index (χ3v) is 9.34. The van der Waals surface area contributed by atoms with Crippen molar-refractivity contribution in [2.45, 2.75) is 19.3 Å². The Morgan fingerprint density at radius 3 is 2.27 bits per heavy atom. The highest BCUT2D eigenvalue weighted by molar-refractivity contribution is 6.32. The summed E-state index contributed by atoms with van der Waals surface area (Å²) in [6.07, 6.45) is 11.9. The second kappa shape index (κ2) is 9.97. The van der Waals surface area contributed by atoms with Crippen molar-refractivity contribution in [2.24, 2.45) is 14.1 Å². The first kappa shape index (κ1) is 25.7. The number of aryl methyl sites for hydroxylation is 2. The number of rotatable bonds is 3. The third kappa shape index (κ3) is 4.08. The molecule has 4 aromatic carbocycles. The van der Waals surface area contributed by atoms with Gasteiger partial charge in [0.15, 0.2) is 11.0 Å². The number of benzene rings is 4. The lowest BCUT2D eigenvalue weighted by Gasteiger charge is -2.19. The summed E-state index contributed by atoms with van der Waals surface area (Å²) >= 11 is 7.07. The molecule has 0 spiro atoms. The van der Waals surface area contributed by atoms with Crippen LogP contribution < -0.4 is 14.4 Å². The highest BCUT2D eigenvalue weighted by Gasteiger charge is 2.28. The van der Waals surface area contributed by atoms with Crippen LogP contribution in [0.5, 0.6) is 0 Å². The zero-order valence-corrected chi connectivity index (χ0v) is 24.8. The second-order valence-electron chi connectivity index (χ2n) is 11.1. The van der Waals surface area contributed by atoms with Crippen LogP contribution in [0, 0.1) is 0 Å². The smallest absolute Gasteiger partial charge is 0.281 e. The van der Waals surface area contributed by atoms with Gasteiger partial charge in [-0.25, -0.2) is 9.13 Å². The van der Waals surface area contributed by atoms with Crippen molar-refractivity contribution in [2.75, 3.05) is 23.9 Å². The van der Waals surface area contributed by atoms with Crippen LogP contribution in [-0.4, -0.2) is 18.7 Å². The normalized spacial score (nSPS) is 17.9. The van der Waals surface area contributed by atoms with Crippen LogP contribution >= 0.6 is 11.6 Å². The molecule has 5 aromatic rings. The van der Waals surface area contributed by atoms with Crippen LogP contribution in [0.1, 0.15) is 25.1 Å². The number of fused-ring (bicyclic) bond motifs is 6. The Balaban J connectivity index is 1.22. The maximum atomic E-state index is 7.07. The van der Waals surface area contributed by atoms with Crippen molar-refractivity contribution in [1.29, 1.82) is 0 Å². The van der Waals surface area contributed by atoms with Gasteiger partial charge in [0, 0.05) is 36.0 Å². The van der Waals surface area contributed by atoms with Gasteiger partial charge >= 0.3 is 0 Å². The second-order valence-corrected chi connectivity index (χ2v) is 11.5. The van der Waals surface area contributed by atoms with E-state index in [0.717, 1.165) is 35.9 Å². The van der Waals surface area contributed by atoms with Gasteiger partial charge in [-0.3, -0.25) is 0 Å². The number of anilines is 2. The summed E-state index contributed by atoms with van der Waals surface area (Å²) in [5.41, 5.74) is 7.33. The van der Waals surface area contributed by atoms with Crippen molar-refractivity contribution < 1.29 is 4.57 Å². The first-order valence-electron chi connectivity index (χ1n) is 14.3. The Kier molecular flexibility index (Phi) is 6.24. The quantitative estimate of drug-likeness (QED) is 0.207. The average molecular weight is 558 g/mol. The van der Waals surface area contributed by atoms with Crippen LogP contribution in [0.4, 0.5) is 11.4 Å². The molecule has 41 heavy (non-hydrogen) atoms. The molecule has 0 unspecified atom stereocenters. The average Bonchev–Trinajstić information content (AvgIpc) is 3.39. The Morgan fingerprint density at radius 2 is 1.46 bits per heavy atom. The van der Waals surface area contributed by atoms with Crippen LogP contribution in [0.15, 0.2) is 113 Å². The summed E-state index contributed by atoms with van der Waals surface area (Å²) in [5.74, 6) is 2.29. The minimum Gasteiger partial charge on any atom is -0.329 e. The van der Waals surface area contributed by atoms with Crippen molar-refractivity contribution in [3.8, 4) is 0 Å². The van der Waals surface area contributed by atoms with Gasteiger partial charge in [-0.05, 0) is 77.6 Å². The van der Waals surface area contributed by atoms with Crippen molar-refractivity contribution in [3.05, 3.63) is 119 Å². The number of aromatic nitrogens is 2. The van der Waals surface area contributed by atoms with Crippen molar-refractivity contribution in [1.82, 2.24) is 4.57 Å². The highest BCUT2D eigenvalue weighted by atomic mass is 35.5. The molecule has 0 radical (unpaired) electrons. The number of hydrogen-bond acceptors (Lipinski definition) is 2. The van der Waals surface area contributed by atoms with Crippen LogP contribution in [0.3, 0.4) is 0 Å². The Hall–Kier alpha value is -4.28. The van der Waals surface area contributed by atoms with Gasteiger partial charge in [-0.1, -0.05) is 66.2 Å². The summed E-state index contributed by atoms with van der Waals surface area (Å²) in [5, 5.41) is 5.94. The molecule has 2 heterocycles. The maximum Gasteiger partial charge on any atom is 0.281 e. The summed E-state index contributed by atoms with van der Waals surface area (Å²) in [6.45, 7) is 0. The van der Waals surface area contributed by atoms with Gasteiger partial charge in [0.25, 0.3) is 5.82 Å². The molecule has 0 amide bonds. The van der Waals surface area contributed by atoms with Crippen LogP contribution in [-0.2, 0) is 14.1 Å². The Morgan fingerprint density at radius 1 is 0.756 bits per heavy atom. The maximum absolute atomic E-state index is 7.07. The molecule has 0 saturated heterocycles. The molecule has 4 nitrogen and oxygen atoms in total. The molecule has 204 valence electrons. The predicted octanol–water partition coefficient (Wildman–Crippen LogP) is 8.35. The molecule has 1 aliphatic carbocycles. The van der Waals surface area contributed by atoms with E-state index in [9.17, 15) is 0 Å². The molecule has 5 heteroatoms. The number of allylic oxidation sites excluding steroid dienone is 6. The minimum atomic E-state index is 0.877. The monoisotopic (exact) mass is 557 g/mol. The van der Waals surface area contributed by atoms with E-state index in [1.165, 1.54) is 55.1 Å². The lowest BCUT2D eigenvalue weighted by molar-refractivity contribution is -0.646. The molecule has 7 rings (SSSR count). The summed E-state index contributed by atoms with van der Waals surface area (Å²) < 4.78 is 4.56. The summed E-state index contributed by atoms with van der Waals surface area (Å²) in [6, 6.07) is 26.0. The summed E-state index contributed by atoms with van der Waals surface area (Å²) in [4.78, 5) is 4.56. The van der Waals surface area contributed by atoms with E-state index in [1.807, 2.05) is 0 Å². The van der Waals surface area contributed by atoms with E-state index >= 15 is 0 Å². The SMILES string of the molecule is CN1C(=CC=C2CCCC(C=Cc3n(C)c4ccc5ccccc5c4[n+]3C)=C2Cl)N(C)c2c1ccc1ccccc21. The fraction of sp³-hybridized carbons (Fsp3) is 0.194. The van der Waals surface area contributed by atoms with Gasteiger partial charge in [-0.2, -0.15) is 0 Å². The van der Waals surface area contributed by atoms with Gasteiger partial charge in [0.05, 0.1) is 25.5 Å². The van der Waals surface area contributed by atoms with E-state index in [-0.39, 0.29) is 0 Å². The highest BCUT2D eigenvalue weighted by Crippen LogP contribution is 2.44. The van der Waals surface area contributed by atoms with Gasteiger partial charge in [-0.15, -0.1) is 0 Å². The van der Waals surface area contributed by atoms with Crippen LogP contribution in [0.2, 0.25) is 0 Å². The number of hydrogen-bond donors (Lipinski definition) is 0. The molecular weight excluding hydrogens is 524 g/mol. The molecule has 0 atom stereocenters. The van der Waals surface area contributed by atoms with E-state index in [0.29, 0.717) is 0 Å². The minimum absolute atomic E-state index is 0.877. The molecule has 0 saturated carbocycles. The van der Waals surface area contributed by atoms with E-state index in [2.05, 4.69) is 144 Å². The fourth-order valence-electron chi connectivity index (χ4n) is 6.66. The number of nitrogens with zero attached hydrogens (tertiary/aromatic N) is 4. The molecule has 0 fully saturated rings. The topological polar surface area (TPSA) is 15.3 Å². The van der Waals surface area contributed by atoms with E-state index in [4.69, 9.17) is 11.6 Å². The molecule has 1 aliphatic heterocycles. The first-order chi connectivity index (χ1) is 19.9. The fourth-order valence-corrected chi connectivity index (χ4v) is 6.98.